The number of aromatic nitrogens is 4. The second-order valence-electron chi connectivity index (χ2n) is 6.49. The number of tetrazole rings is 1. The van der Waals surface area contributed by atoms with Crippen molar-refractivity contribution in [2.75, 3.05) is 18.4 Å². The van der Waals surface area contributed by atoms with Gasteiger partial charge in [0.05, 0.1) is 15.5 Å². The predicted octanol–water partition coefficient (Wildman–Crippen LogP) is 3.05. The van der Waals surface area contributed by atoms with Crippen molar-refractivity contribution in [3.63, 3.8) is 0 Å². The van der Waals surface area contributed by atoms with Crippen LogP contribution in [0.1, 0.15) is 30.0 Å². The molecule has 1 N–H and O–H groups in total. The van der Waals surface area contributed by atoms with Crippen molar-refractivity contribution < 1.29 is 17.6 Å². The lowest BCUT2D eigenvalue weighted by Crippen LogP contribution is -2.30. The van der Waals surface area contributed by atoms with Crippen molar-refractivity contribution in [1.29, 1.82) is 0 Å². The van der Waals surface area contributed by atoms with Gasteiger partial charge in [-0.1, -0.05) is 25.4 Å². The summed E-state index contributed by atoms with van der Waals surface area (Å²) >= 11 is 6.15. The summed E-state index contributed by atoms with van der Waals surface area (Å²) in [6.45, 7) is 5.63. The number of rotatable bonds is 7. The van der Waals surface area contributed by atoms with Gasteiger partial charge in [0, 0.05) is 18.8 Å². The molecule has 0 atom stereocenters. The maximum Gasteiger partial charge on any atom is 0.257 e. The Morgan fingerprint density at radius 3 is 2.52 bits per heavy atom. The summed E-state index contributed by atoms with van der Waals surface area (Å²) in [5.41, 5.74) is 0.271. The lowest BCUT2D eigenvalue weighted by atomic mass is 10.2. The molecule has 3 rings (SSSR count). The number of sulfonamides is 1. The highest BCUT2D eigenvalue weighted by Gasteiger charge is 2.24. The van der Waals surface area contributed by atoms with E-state index in [1.54, 1.807) is 20.8 Å². The molecule has 0 unspecified atom stereocenters. The van der Waals surface area contributed by atoms with E-state index in [0.29, 0.717) is 5.82 Å². The average Bonchev–Trinajstić information content (AvgIpc) is 3.16. The number of halogens is 2. The van der Waals surface area contributed by atoms with Crippen molar-refractivity contribution >= 4 is 33.2 Å². The molecule has 0 spiro atoms. The maximum atomic E-state index is 14.2. The van der Waals surface area contributed by atoms with E-state index in [9.17, 15) is 17.6 Å². The van der Waals surface area contributed by atoms with Crippen LogP contribution in [0.5, 0.6) is 0 Å². The van der Waals surface area contributed by atoms with Crippen LogP contribution in [-0.2, 0) is 10.0 Å². The van der Waals surface area contributed by atoms with E-state index in [4.69, 9.17) is 11.6 Å². The third kappa shape index (κ3) is 4.58. The number of hydrogen-bond acceptors (Lipinski definition) is 6. The largest absolute Gasteiger partial charge is 0.322 e. The zero-order valence-electron chi connectivity index (χ0n) is 17.0. The summed E-state index contributed by atoms with van der Waals surface area (Å²) in [6, 6.07) is 7.81. The molecule has 0 radical (unpaired) electrons. The molecule has 12 heteroatoms. The number of amides is 1. The summed E-state index contributed by atoms with van der Waals surface area (Å²) in [6.07, 6.45) is 0. The molecule has 0 aliphatic heterocycles. The van der Waals surface area contributed by atoms with Gasteiger partial charge in [0.1, 0.15) is 11.5 Å². The van der Waals surface area contributed by atoms with E-state index in [2.05, 4.69) is 20.8 Å². The highest BCUT2D eigenvalue weighted by Crippen LogP contribution is 2.25. The van der Waals surface area contributed by atoms with Gasteiger partial charge < -0.3 is 5.32 Å². The fourth-order valence-electron chi connectivity index (χ4n) is 2.96. The highest BCUT2D eigenvalue weighted by molar-refractivity contribution is 7.89. The van der Waals surface area contributed by atoms with Gasteiger partial charge in [-0.05, 0) is 53.7 Å². The maximum absolute atomic E-state index is 14.2. The number of carbonyl (C=O) groups excluding carboxylic acids is 1. The molecule has 0 saturated carbocycles. The topological polar surface area (TPSA) is 110 Å². The molecule has 164 valence electrons. The second kappa shape index (κ2) is 9.08. The molecule has 0 saturated heterocycles. The summed E-state index contributed by atoms with van der Waals surface area (Å²) < 4.78 is 42.3. The summed E-state index contributed by atoms with van der Waals surface area (Å²) in [5.74, 6) is -0.869. The van der Waals surface area contributed by atoms with Gasteiger partial charge in [-0.2, -0.15) is 8.99 Å². The lowest BCUT2D eigenvalue weighted by molar-refractivity contribution is 0.102. The molecular formula is C19H20ClFN6O3S. The van der Waals surface area contributed by atoms with Crippen LogP contribution in [0.2, 0.25) is 5.02 Å². The van der Waals surface area contributed by atoms with Crippen molar-refractivity contribution in [2.45, 2.75) is 25.7 Å². The molecule has 2 aromatic carbocycles. The molecule has 0 aliphatic carbocycles. The Bertz CT molecular complexity index is 1230. The minimum atomic E-state index is -3.77. The summed E-state index contributed by atoms with van der Waals surface area (Å²) in [4.78, 5) is 12.8. The normalized spacial score (nSPS) is 11.7. The van der Waals surface area contributed by atoms with Crippen LogP contribution in [0.25, 0.3) is 5.69 Å². The minimum Gasteiger partial charge on any atom is -0.322 e. The molecule has 1 aromatic heterocycles. The first-order valence-corrected chi connectivity index (χ1v) is 11.2. The van der Waals surface area contributed by atoms with Gasteiger partial charge in [-0.3, -0.25) is 4.79 Å². The van der Waals surface area contributed by atoms with E-state index < -0.39 is 21.7 Å². The van der Waals surface area contributed by atoms with Crippen LogP contribution in [0, 0.1) is 12.7 Å². The first-order valence-electron chi connectivity index (χ1n) is 9.35. The Labute approximate surface area is 183 Å². The van der Waals surface area contributed by atoms with E-state index in [1.807, 2.05) is 0 Å². The van der Waals surface area contributed by atoms with Crippen molar-refractivity contribution in [3.05, 3.63) is 58.6 Å². The van der Waals surface area contributed by atoms with Crippen LogP contribution < -0.4 is 5.32 Å². The summed E-state index contributed by atoms with van der Waals surface area (Å²) in [5, 5.41) is 13.6. The molecule has 0 aliphatic rings. The number of aryl methyl sites for hydroxylation is 1. The van der Waals surface area contributed by atoms with Crippen LogP contribution in [0.15, 0.2) is 41.3 Å². The number of nitrogens with one attached hydrogen (secondary N) is 1. The second-order valence-corrected chi connectivity index (χ2v) is 8.83. The Balaban J connectivity index is 1.94. The first-order chi connectivity index (χ1) is 14.7. The van der Waals surface area contributed by atoms with E-state index >= 15 is 0 Å². The SMILES string of the molecule is CCN(CC)S(=O)(=O)c1ccc(Cl)c(C(=O)Nc2ccc(F)c(-n3nnnc3C)c2)c1. The standard InChI is InChI=1S/C19H20ClFN6O3S/c1-4-26(5-2)31(29,30)14-7-8-16(20)15(11-14)19(28)22-13-6-9-17(21)18(10-13)27-12(3)23-24-25-27/h6-11H,4-5H2,1-3H3,(H,22,28). The van der Waals surface area contributed by atoms with E-state index in [1.165, 1.54) is 39.3 Å². The summed E-state index contributed by atoms with van der Waals surface area (Å²) in [7, 11) is -3.77. The predicted molar refractivity (Wildman–Crippen MR) is 113 cm³/mol. The monoisotopic (exact) mass is 466 g/mol. The number of carbonyl (C=O) groups is 1. The van der Waals surface area contributed by atoms with Gasteiger partial charge in [0.15, 0.2) is 5.82 Å². The molecular weight excluding hydrogens is 447 g/mol. The van der Waals surface area contributed by atoms with Gasteiger partial charge >= 0.3 is 0 Å². The highest BCUT2D eigenvalue weighted by atomic mass is 35.5. The van der Waals surface area contributed by atoms with Gasteiger partial charge in [-0.25, -0.2) is 12.8 Å². The first kappa shape index (κ1) is 22.8. The quantitative estimate of drug-likeness (QED) is 0.573. The Morgan fingerprint density at radius 2 is 1.90 bits per heavy atom. The third-order valence-electron chi connectivity index (χ3n) is 4.58. The minimum absolute atomic E-state index is 0.0284. The van der Waals surface area contributed by atoms with E-state index in [0.717, 1.165) is 6.07 Å². The van der Waals surface area contributed by atoms with Gasteiger partial charge in [0.25, 0.3) is 5.91 Å². The fourth-order valence-corrected chi connectivity index (χ4v) is 4.65. The van der Waals surface area contributed by atoms with Crippen LogP contribution >= 0.6 is 11.6 Å². The molecule has 31 heavy (non-hydrogen) atoms. The molecule has 1 amide bonds. The van der Waals surface area contributed by atoms with Crippen molar-refractivity contribution in [2.24, 2.45) is 0 Å². The van der Waals surface area contributed by atoms with Gasteiger partial charge in [-0.15, -0.1) is 5.10 Å². The Morgan fingerprint density at radius 1 is 1.19 bits per heavy atom. The Hall–Kier alpha value is -2.89. The van der Waals surface area contributed by atoms with Crippen LogP contribution in [0.4, 0.5) is 10.1 Å². The van der Waals surface area contributed by atoms with Crippen LogP contribution in [0.3, 0.4) is 0 Å². The lowest BCUT2D eigenvalue weighted by Gasteiger charge is -2.19. The molecule has 9 nitrogen and oxygen atoms in total. The molecule has 3 aromatic rings. The number of anilines is 1. The van der Waals surface area contributed by atoms with Gasteiger partial charge in [0.2, 0.25) is 10.0 Å². The third-order valence-corrected chi connectivity index (χ3v) is 6.96. The van der Waals surface area contributed by atoms with E-state index in [-0.39, 0.29) is 39.9 Å². The molecule has 0 bridgehead atoms. The zero-order chi connectivity index (χ0) is 22.8. The Kier molecular flexibility index (Phi) is 6.68. The number of nitrogens with zero attached hydrogens (tertiary/aromatic N) is 5. The zero-order valence-corrected chi connectivity index (χ0v) is 18.6. The number of hydrogen-bond donors (Lipinski definition) is 1. The van der Waals surface area contributed by atoms with Crippen molar-refractivity contribution in [1.82, 2.24) is 24.5 Å². The van der Waals surface area contributed by atoms with Crippen molar-refractivity contribution in [3.8, 4) is 5.69 Å². The average molecular weight is 467 g/mol. The smallest absolute Gasteiger partial charge is 0.257 e. The number of benzene rings is 2. The fraction of sp³-hybridized carbons (Fsp3) is 0.263. The molecule has 0 fully saturated rings. The van der Waals surface area contributed by atoms with Crippen LogP contribution in [-0.4, -0.2) is 51.9 Å². The molecule has 1 heterocycles.